The van der Waals surface area contributed by atoms with Crippen molar-refractivity contribution in [3.63, 3.8) is 0 Å². The summed E-state index contributed by atoms with van der Waals surface area (Å²) < 4.78 is 17.6. The molecular weight excluding hydrogens is 716 g/mol. The molecule has 8 heteroatoms. The van der Waals surface area contributed by atoms with Crippen molar-refractivity contribution in [2.75, 3.05) is 13.2 Å². The minimum absolute atomic E-state index is 0.183. The summed E-state index contributed by atoms with van der Waals surface area (Å²) in [7, 11) is 0. The van der Waals surface area contributed by atoms with Crippen molar-refractivity contribution in [2.45, 2.75) is 13.8 Å². The van der Waals surface area contributed by atoms with Crippen molar-refractivity contribution in [3.05, 3.63) is 51.1 Å². The van der Waals surface area contributed by atoms with Crippen molar-refractivity contribution in [3.8, 4) is 11.5 Å². The van der Waals surface area contributed by atoms with Crippen LogP contribution in [-0.4, -0.2) is 13.2 Å². The Balaban J connectivity index is 2.03. The second-order valence-electron chi connectivity index (χ2n) is 6.14. The number of rotatable bonds is 6. The molecule has 0 atom stereocenters. The van der Waals surface area contributed by atoms with Gasteiger partial charge in [-0.2, -0.15) is 0 Å². The molecule has 0 aliphatic heterocycles. The molecule has 2 aromatic rings. The zero-order valence-electron chi connectivity index (χ0n) is 13.3. The molecule has 0 unspecified atom stereocenters. The van der Waals surface area contributed by atoms with Crippen LogP contribution in [0.5, 0.6) is 11.5 Å². The zero-order chi connectivity index (χ0) is 18.8. The van der Waals surface area contributed by atoms with E-state index < -0.39 is 0 Å². The third-order valence-corrected chi connectivity index (χ3v) is 6.41. The van der Waals surface area contributed by atoms with Gasteiger partial charge in [0, 0.05) is 14.4 Å². The molecule has 0 fully saturated rings. The van der Waals surface area contributed by atoms with E-state index in [4.69, 9.17) is 9.47 Å². The Bertz CT molecular complexity index is 666. The lowest BCUT2D eigenvalue weighted by Crippen LogP contribution is -2.29. The van der Waals surface area contributed by atoms with Gasteiger partial charge in [-0.1, -0.05) is 45.7 Å². The second kappa shape index (κ2) is 9.41. The highest BCUT2D eigenvalue weighted by atomic mass is 79.9. The van der Waals surface area contributed by atoms with Gasteiger partial charge >= 0.3 is 0 Å². The fraction of sp³-hybridized carbons (Fsp3) is 0.294. The van der Waals surface area contributed by atoms with E-state index in [1.807, 2.05) is 24.3 Å². The fourth-order valence-corrected chi connectivity index (χ4v) is 6.89. The van der Waals surface area contributed by atoms with Crippen molar-refractivity contribution >= 4 is 95.6 Å². The van der Waals surface area contributed by atoms with Crippen molar-refractivity contribution in [2.24, 2.45) is 5.41 Å². The van der Waals surface area contributed by atoms with Crippen LogP contribution in [0.15, 0.2) is 51.1 Å². The third kappa shape index (κ3) is 6.49. The second-order valence-corrected chi connectivity index (χ2v) is 11.4. The highest BCUT2D eigenvalue weighted by Gasteiger charge is 2.23. The first-order chi connectivity index (χ1) is 11.6. The van der Waals surface area contributed by atoms with Crippen LogP contribution >= 0.6 is 95.6 Å². The van der Waals surface area contributed by atoms with Crippen LogP contribution in [0.2, 0.25) is 0 Å². The van der Waals surface area contributed by atoms with Gasteiger partial charge in [-0.25, -0.2) is 0 Å². The maximum Gasteiger partial charge on any atom is 0.147 e. The van der Waals surface area contributed by atoms with Gasteiger partial charge in [0.1, 0.15) is 11.5 Å². The normalized spacial score (nSPS) is 11.5. The summed E-state index contributed by atoms with van der Waals surface area (Å²) in [6, 6.07) is 7.83. The predicted molar refractivity (Wildman–Crippen MR) is 124 cm³/mol. The Morgan fingerprint density at radius 2 is 0.920 bits per heavy atom. The zero-order valence-corrected chi connectivity index (χ0v) is 22.8. The fourth-order valence-electron chi connectivity index (χ4n) is 1.91. The van der Waals surface area contributed by atoms with Crippen LogP contribution in [-0.2, 0) is 0 Å². The Morgan fingerprint density at radius 1 is 0.640 bits per heavy atom. The van der Waals surface area contributed by atoms with Gasteiger partial charge in [-0.15, -0.1) is 0 Å². The van der Waals surface area contributed by atoms with Gasteiger partial charge in [-0.05, 0) is 88.0 Å². The lowest BCUT2D eigenvalue weighted by atomic mass is 9.96. The summed E-state index contributed by atoms with van der Waals surface area (Å²) in [5.41, 5.74) is -0.183. The standard InChI is InChI=1S/C17H14Br6O2/c1-17(2,7-24-15-11(20)3-9(18)4-12(15)21)8-25-16-13(22)5-10(19)6-14(16)23/h3-6H,7-8H2,1-2H3. The first-order valence-corrected chi connectivity index (χ1v) is 11.9. The summed E-state index contributed by atoms with van der Waals surface area (Å²) >= 11 is 21.1. The smallest absolute Gasteiger partial charge is 0.147 e. The largest absolute Gasteiger partial charge is 0.491 e. The first-order valence-electron chi connectivity index (χ1n) is 7.14. The van der Waals surface area contributed by atoms with E-state index >= 15 is 0 Å². The molecule has 2 rings (SSSR count). The number of benzene rings is 2. The number of hydrogen-bond acceptors (Lipinski definition) is 2. The first kappa shape index (κ1) is 22.2. The van der Waals surface area contributed by atoms with Crippen LogP contribution in [0, 0.1) is 5.41 Å². The minimum Gasteiger partial charge on any atom is -0.491 e. The molecule has 0 heterocycles. The highest BCUT2D eigenvalue weighted by Crippen LogP contribution is 2.39. The van der Waals surface area contributed by atoms with Crippen LogP contribution in [0.25, 0.3) is 0 Å². The molecule has 0 aliphatic carbocycles. The van der Waals surface area contributed by atoms with Crippen LogP contribution < -0.4 is 9.47 Å². The van der Waals surface area contributed by atoms with Crippen LogP contribution in [0.3, 0.4) is 0 Å². The van der Waals surface area contributed by atoms with Crippen molar-refractivity contribution in [1.29, 1.82) is 0 Å². The van der Waals surface area contributed by atoms with Crippen molar-refractivity contribution in [1.82, 2.24) is 0 Å². The Morgan fingerprint density at radius 3 is 1.20 bits per heavy atom. The monoisotopic (exact) mass is 724 g/mol. The van der Waals surface area contributed by atoms with Gasteiger partial charge in [0.25, 0.3) is 0 Å². The maximum absolute atomic E-state index is 6.03. The molecule has 0 radical (unpaired) electrons. The topological polar surface area (TPSA) is 18.5 Å². The summed E-state index contributed by atoms with van der Waals surface area (Å²) in [6.45, 7) is 5.23. The minimum atomic E-state index is -0.183. The molecule has 136 valence electrons. The summed E-state index contributed by atoms with van der Waals surface area (Å²) in [5.74, 6) is 1.56. The average molecular weight is 730 g/mol. The predicted octanol–water partition coefficient (Wildman–Crippen LogP) is 8.75. The molecule has 2 aromatic carbocycles. The molecule has 0 aromatic heterocycles. The molecule has 0 spiro atoms. The molecular formula is C17H14Br6O2. The van der Waals surface area contributed by atoms with E-state index in [2.05, 4.69) is 109 Å². The van der Waals surface area contributed by atoms with E-state index in [0.29, 0.717) is 13.2 Å². The van der Waals surface area contributed by atoms with Gasteiger partial charge in [0.05, 0.1) is 31.1 Å². The molecule has 25 heavy (non-hydrogen) atoms. The van der Waals surface area contributed by atoms with E-state index in [0.717, 1.165) is 38.3 Å². The molecule has 0 saturated heterocycles. The molecule has 0 N–H and O–H groups in total. The van der Waals surface area contributed by atoms with Crippen LogP contribution in [0.4, 0.5) is 0 Å². The van der Waals surface area contributed by atoms with Crippen molar-refractivity contribution < 1.29 is 9.47 Å². The number of halogens is 6. The molecule has 2 nitrogen and oxygen atoms in total. The molecule has 0 aliphatic rings. The van der Waals surface area contributed by atoms with Gasteiger partial charge < -0.3 is 9.47 Å². The summed E-state index contributed by atoms with van der Waals surface area (Å²) in [4.78, 5) is 0. The van der Waals surface area contributed by atoms with E-state index in [-0.39, 0.29) is 5.41 Å². The van der Waals surface area contributed by atoms with E-state index in [1.54, 1.807) is 0 Å². The molecule has 0 saturated carbocycles. The average Bonchev–Trinajstić information content (AvgIpc) is 2.44. The number of ether oxygens (including phenoxy) is 2. The van der Waals surface area contributed by atoms with Crippen LogP contribution in [0.1, 0.15) is 13.8 Å². The Hall–Kier alpha value is 0.920. The Labute approximate surface area is 198 Å². The summed E-state index contributed by atoms with van der Waals surface area (Å²) in [5, 5.41) is 0. The maximum atomic E-state index is 6.03. The van der Waals surface area contributed by atoms with Gasteiger partial charge in [0.2, 0.25) is 0 Å². The SMILES string of the molecule is CC(C)(COc1c(Br)cc(Br)cc1Br)COc1c(Br)cc(Br)cc1Br. The van der Waals surface area contributed by atoms with Gasteiger partial charge in [0.15, 0.2) is 0 Å². The quantitative estimate of drug-likeness (QED) is 0.296. The number of hydrogen-bond donors (Lipinski definition) is 0. The van der Waals surface area contributed by atoms with E-state index in [9.17, 15) is 0 Å². The third-order valence-electron chi connectivity index (χ3n) is 3.14. The lowest BCUT2D eigenvalue weighted by Gasteiger charge is -2.26. The molecule has 0 bridgehead atoms. The Kier molecular flexibility index (Phi) is 8.36. The van der Waals surface area contributed by atoms with Gasteiger partial charge in [-0.3, -0.25) is 0 Å². The summed E-state index contributed by atoms with van der Waals surface area (Å²) in [6.07, 6.45) is 0. The lowest BCUT2D eigenvalue weighted by molar-refractivity contribution is 0.109. The van der Waals surface area contributed by atoms with E-state index in [1.165, 1.54) is 0 Å². The highest BCUT2D eigenvalue weighted by molar-refractivity contribution is 9.12. The molecule has 0 amide bonds.